The van der Waals surface area contributed by atoms with Crippen molar-refractivity contribution in [3.63, 3.8) is 0 Å². The van der Waals surface area contributed by atoms with E-state index in [4.69, 9.17) is 0 Å². The fraction of sp³-hybridized carbons (Fsp3) is 0.316. The largest absolute Gasteiger partial charge is 0.338 e. The molecule has 0 spiro atoms. The van der Waals surface area contributed by atoms with Crippen molar-refractivity contribution in [1.82, 2.24) is 9.88 Å². The lowest BCUT2D eigenvalue weighted by Gasteiger charge is -2.38. The summed E-state index contributed by atoms with van der Waals surface area (Å²) in [5, 5.41) is 2.80. The smallest absolute Gasteiger partial charge is 0.231 e. The number of nitrogens with zero attached hydrogens (tertiary/aromatic N) is 2. The van der Waals surface area contributed by atoms with E-state index in [1.54, 1.807) is 37.5 Å². The molecule has 25 heavy (non-hydrogen) atoms. The number of halogens is 1. The van der Waals surface area contributed by atoms with E-state index in [1.165, 1.54) is 11.0 Å². The molecule has 1 aromatic heterocycles. The van der Waals surface area contributed by atoms with E-state index in [2.05, 4.69) is 10.3 Å². The van der Waals surface area contributed by atoms with Crippen LogP contribution in [0.25, 0.3) is 0 Å². The molecule has 2 atom stereocenters. The highest BCUT2D eigenvalue weighted by atomic mass is 19.1. The maximum absolute atomic E-state index is 14.3. The average Bonchev–Trinajstić information content (AvgIpc) is 2.58. The van der Waals surface area contributed by atoms with Crippen molar-refractivity contribution in [2.45, 2.75) is 25.8 Å². The predicted molar refractivity (Wildman–Crippen MR) is 92.2 cm³/mol. The van der Waals surface area contributed by atoms with Gasteiger partial charge in [-0.2, -0.15) is 0 Å². The molecule has 0 aliphatic carbocycles. The monoisotopic (exact) mass is 341 g/mol. The van der Waals surface area contributed by atoms with Crippen molar-refractivity contribution in [3.8, 4) is 0 Å². The van der Waals surface area contributed by atoms with Gasteiger partial charge in [0.2, 0.25) is 11.8 Å². The molecule has 1 aromatic carbocycles. The highest BCUT2D eigenvalue weighted by Gasteiger charge is 2.40. The zero-order chi connectivity index (χ0) is 18.0. The minimum absolute atomic E-state index is 0.0917. The zero-order valence-electron chi connectivity index (χ0n) is 14.2. The number of aryl methyl sites for hydroxylation is 1. The summed E-state index contributed by atoms with van der Waals surface area (Å²) in [5.41, 5.74) is 1.34. The van der Waals surface area contributed by atoms with E-state index in [0.717, 1.165) is 5.56 Å². The van der Waals surface area contributed by atoms with Gasteiger partial charge < -0.3 is 10.2 Å². The Hall–Kier alpha value is -2.76. The summed E-state index contributed by atoms with van der Waals surface area (Å²) in [6, 6.07) is 9.25. The molecule has 0 saturated carbocycles. The molecule has 2 heterocycles. The Bertz CT molecular complexity index is 809. The molecule has 2 aromatic rings. The van der Waals surface area contributed by atoms with Crippen molar-refractivity contribution < 1.29 is 14.0 Å². The van der Waals surface area contributed by atoms with Gasteiger partial charge in [-0.15, -0.1) is 0 Å². The normalized spacial score (nSPS) is 20.4. The minimum atomic E-state index is -0.632. The van der Waals surface area contributed by atoms with Crippen molar-refractivity contribution in [3.05, 3.63) is 59.5 Å². The second-order valence-electron chi connectivity index (χ2n) is 6.32. The fourth-order valence-electron chi connectivity index (χ4n) is 3.28. The molecule has 1 fully saturated rings. The lowest BCUT2D eigenvalue weighted by atomic mass is 9.83. The zero-order valence-corrected chi connectivity index (χ0v) is 14.2. The summed E-state index contributed by atoms with van der Waals surface area (Å²) < 4.78 is 14.3. The predicted octanol–water partition coefficient (Wildman–Crippen LogP) is 3.08. The van der Waals surface area contributed by atoms with E-state index in [1.807, 2.05) is 13.0 Å². The molecule has 1 aliphatic heterocycles. The summed E-state index contributed by atoms with van der Waals surface area (Å²) in [7, 11) is 1.61. The van der Waals surface area contributed by atoms with Crippen molar-refractivity contribution in [1.29, 1.82) is 0 Å². The Labute approximate surface area is 145 Å². The molecule has 5 nitrogen and oxygen atoms in total. The van der Waals surface area contributed by atoms with Gasteiger partial charge in [-0.3, -0.25) is 9.59 Å². The summed E-state index contributed by atoms with van der Waals surface area (Å²) in [5.74, 6) is -0.851. The third-order valence-corrected chi connectivity index (χ3v) is 4.59. The molecule has 1 N–H and O–H groups in total. The van der Waals surface area contributed by atoms with Gasteiger partial charge in [0.25, 0.3) is 0 Å². The van der Waals surface area contributed by atoms with Crippen LogP contribution in [0, 0.1) is 18.7 Å². The molecular weight excluding hydrogens is 321 g/mol. The van der Waals surface area contributed by atoms with Gasteiger partial charge in [-0.25, -0.2) is 9.37 Å². The lowest BCUT2D eigenvalue weighted by molar-refractivity contribution is -0.140. The van der Waals surface area contributed by atoms with E-state index < -0.39 is 17.8 Å². The summed E-state index contributed by atoms with van der Waals surface area (Å²) in [6.45, 7) is 1.91. The number of amides is 2. The van der Waals surface area contributed by atoms with E-state index in [9.17, 15) is 14.0 Å². The molecule has 0 unspecified atom stereocenters. The molecule has 0 bridgehead atoms. The number of anilines is 1. The molecule has 6 heteroatoms. The summed E-state index contributed by atoms with van der Waals surface area (Å²) in [4.78, 5) is 30.5. The molecular formula is C19H20FN3O2. The van der Waals surface area contributed by atoms with Crippen molar-refractivity contribution in [2.75, 3.05) is 12.4 Å². The first-order chi connectivity index (χ1) is 12.0. The number of piperidine rings is 1. The quantitative estimate of drug-likeness (QED) is 0.933. The minimum Gasteiger partial charge on any atom is -0.338 e. The Morgan fingerprint density at radius 1 is 1.32 bits per heavy atom. The maximum atomic E-state index is 14.3. The molecule has 1 aliphatic rings. The van der Waals surface area contributed by atoms with Gasteiger partial charge in [0.05, 0.1) is 12.0 Å². The maximum Gasteiger partial charge on any atom is 0.231 e. The van der Waals surface area contributed by atoms with Crippen LogP contribution in [-0.2, 0) is 9.59 Å². The standard InChI is InChI=1S/C19H20FN3O2/c1-12-9-10-21-16(11-12)22-19(25)14-7-8-17(24)23(2)18(14)13-5-3-4-6-15(13)20/h3-6,9-11,14,18H,7-8H2,1-2H3,(H,21,22,25)/t14-,18+/m0/s1. The lowest BCUT2D eigenvalue weighted by Crippen LogP contribution is -2.45. The van der Waals surface area contributed by atoms with Crippen molar-refractivity contribution in [2.24, 2.45) is 5.92 Å². The highest BCUT2D eigenvalue weighted by Crippen LogP contribution is 2.37. The number of nitrogens with one attached hydrogen (secondary N) is 1. The van der Waals surface area contributed by atoms with Crippen LogP contribution >= 0.6 is 0 Å². The summed E-state index contributed by atoms with van der Waals surface area (Å²) >= 11 is 0. The number of carbonyl (C=O) groups is 2. The van der Waals surface area contributed by atoms with Gasteiger partial charge >= 0.3 is 0 Å². The van der Waals surface area contributed by atoms with Gasteiger partial charge in [-0.05, 0) is 37.1 Å². The second-order valence-corrected chi connectivity index (χ2v) is 6.32. The van der Waals surface area contributed by atoms with Crippen LogP contribution in [0.4, 0.5) is 10.2 Å². The first-order valence-electron chi connectivity index (χ1n) is 8.21. The second kappa shape index (κ2) is 7.01. The molecule has 2 amide bonds. The average molecular weight is 341 g/mol. The molecule has 130 valence electrons. The SMILES string of the molecule is Cc1ccnc(NC(=O)[C@H]2CCC(=O)N(C)[C@@H]2c2ccccc2F)c1. The molecule has 0 radical (unpaired) electrons. The van der Waals surface area contributed by atoms with E-state index >= 15 is 0 Å². The van der Waals surface area contributed by atoms with Crippen LogP contribution in [0.15, 0.2) is 42.6 Å². The van der Waals surface area contributed by atoms with Crippen LogP contribution in [0.5, 0.6) is 0 Å². The van der Waals surface area contributed by atoms with E-state index in [-0.39, 0.29) is 18.2 Å². The number of rotatable bonds is 3. The number of likely N-dealkylation sites (tertiary alicyclic amines) is 1. The molecule has 1 saturated heterocycles. The van der Waals surface area contributed by atoms with Gasteiger partial charge in [0.15, 0.2) is 0 Å². The van der Waals surface area contributed by atoms with Crippen LogP contribution < -0.4 is 5.32 Å². The number of pyridine rings is 1. The fourth-order valence-corrected chi connectivity index (χ4v) is 3.28. The number of hydrogen-bond acceptors (Lipinski definition) is 3. The van der Waals surface area contributed by atoms with Gasteiger partial charge in [-0.1, -0.05) is 18.2 Å². The van der Waals surface area contributed by atoms with Gasteiger partial charge in [0.1, 0.15) is 11.6 Å². The third kappa shape index (κ3) is 3.52. The topological polar surface area (TPSA) is 62.3 Å². The number of hydrogen-bond donors (Lipinski definition) is 1. The number of aromatic nitrogens is 1. The highest BCUT2D eigenvalue weighted by molar-refractivity contribution is 5.94. The first kappa shape index (κ1) is 17.1. The van der Waals surface area contributed by atoms with E-state index in [0.29, 0.717) is 17.8 Å². The van der Waals surface area contributed by atoms with Crippen LogP contribution in [0.3, 0.4) is 0 Å². The number of carbonyl (C=O) groups excluding carboxylic acids is 2. The Morgan fingerprint density at radius 2 is 2.08 bits per heavy atom. The van der Waals surface area contributed by atoms with Crippen LogP contribution in [0.2, 0.25) is 0 Å². The Kier molecular flexibility index (Phi) is 4.79. The number of benzene rings is 1. The molecule has 3 rings (SSSR count). The van der Waals surface area contributed by atoms with Gasteiger partial charge in [0, 0.05) is 25.2 Å². The van der Waals surface area contributed by atoms with Crippen LogP contribution in [0.1, 0.15) is 30.0 Å². The van der Waals surface area contributed by atoms with Crippen LogP contribution in [-0.4, -0.2) is 28.7 Å². The Morgan fingerprint density at radius 3 is 2.80 bits per heavy atom. The third-order valence-electron chi connectivity index (χ3n) is 4.59. The first-order valence-corrected chi connectivity index (χ1v) is 8.21. The van der Waals surface area contributed by atoms with Crippen molar-refractivity contribution >= 4 is 17.6 Å². The summed E-state index contributed by atoms with van der Waals surface area (Å²) in [6.07, 6.45) is 2.26. The Balaban J connectivity index is 1.90.